The van der Waals surface area contributed by atoms with E-state index in [0.29, 0.717) is 23.0 Å². The second-order valence-electron chi connectivity index (χ2n) is 21.3. The van der Waals surface area contributed by atoms with E-state index in [0.717, 1.165) is 39.7 Å². The van der Waals surface area contributed by atoms with Gasteiger partial charge in [-0.25, -0.2) is 9.59 Å². The predicted molar refractivity (Wildman–Crippen MR) is 292 cm³/mol. The zero-order valence-corrected chi connectivity index (χ0v) is 43.2. The minimum absolute atomic E-state index is 0.0930. The zero-order chi connectivity index (χ0) is 48.6. The summed E-state index contributed by atoms with van der Waals surface area (Å²) in [5.74, 6) is 2.22. The first-order chi connectivity index (χ1) is 34.5. The third-order valence-electron chi connectivity index (χ3n) is 16.1. The maximum atomic E-state index is 13.6. The van der Waals surface area contributed by atoms with Gasteiger partial charge >= 0.3 is 11.9 Å². The maximum absolute atomic E-state index is 13.6. The first-order valence-electron chi connectivity index (χ1n) is 28.3. The zero-order valence-electron chi connectivity index (χ0n) is 43.2. The molecule has 70 heavy (non-hydrogen) atoms. The van der Waals surface area contributed by atoms with Crippen molar-refractivity contribution < 1.29 is 19.1 Å². The molecule has 4 heteroatoms. The van der Waals surface area contributed by atoms with Gasteiger partial charge in [0.1, 0.15) is 6.61 Å². The fraction of sp³-hybridized carbons (Fsp3) is 0.515. The molecule has 2 aliphatic carbocycles. The molecule has 1 atom stereocenters. The Labute approximate surface area is 423 Å². The molecule has 5 aromatic carbocycles. The van der Waals surface area contributed by atoms with Crippen LogP contribution in [0.4, 0.5) is 0 Å². The highest BCUT2D eigenvalue weighted by Gasteiger charge is 2.25. The van der Waals surface area contributed by atoms with E-state index in [1.807, 2.05) is 78.9 Å². The van der Waals surface area contributed by atoms with Crippen LogP contribution in [0.25, 0.3) is 22.3 Å². The Morgan fingerprint density at radius 3 is 1.17 bits per heavy atom. The molecule has 0 bridgehead atoms. The van der Waals surface area contributed by atoms with Crippen LogP contribution in [-0.2, 0) is 9.47 Å². The van der Waals surface area contributed by atoms with E-state index in [1.165, 1.54) is 178 Å². The van der Waals surface area contributed by atoms with Gasteiger partial charge in [0, 0.05) is 0 Å². The Morgan fingerprint density at radius 1 is 0.414 bits per heavy atom. The topological polar surface area (TPSA) is 52.6 Å². The summed E-state index contributed by atoms with van der Waals surface area (Å²) < 4.78 is 11.9. The van der Waals surface area contributed by atoms with Crippen molar-refractivity contribution in [2.24, 2.45) is 11.8 Å². The molecule has 0 aliphatic heterocycles. The lowest BCUT2D eigenvalue weighted by atomic mass is 9.77. The average molecular weight is 943 g/mol. The predicted octanol–water partition coefficient (Wildman–Crippen LogP) is 19.4. The van der Waals surface area contributed by atoms with Crippen molar-refractivity contribution in [3.8, 4) is 22.3 Å². The lowest BCUT2D eigenvalue weighted by Gasteiger charge is -2.29. The van der Waals surface area contributed by atoms with E-state index < -0.39 is 18.0 Å². The number of unbranched alkanes of at least 4 members (excludes halogenated alkanes) is 14. The van der Waals surface area contributed by atoms with Gasteiger partial charge in [-0.05, 0) is 138 Å². The highest BCUT2D eigenvalue weighted by molar-refractivity contribution is 5.91. The van der Waals surface area contributed by atoms with Gasteiger partial charge in [0.2, 0.25) is 0 Å². The van der Waals surface area contributed by atoms with Crippen LogP contribution >= 0.6 is 0 Å². The highest BCUT2D eigenvalue weighted by atomic mass is 16.6. The Bertz CT molecular complexity index is 2210. The van der Waals surface area contributed by atoms with E-state index in [-0.39, 0.29) is 6.61 Å². The number of carbonyl (C=O) groups is 2. The summed E-state index contributed by atoms with van der Waals surface area (Å²) in [5, 5.41) is 0. The number of hydrogen-bond acceptors (Lipinski definition) is 4. The number of carbonyl (C=O) groups excluding carboxylic acids is 2. The molecule has 0 radical (unpaired) electrons. The summed E-state index contributed by atoms with van der Waals surface area (Å²) in [6.07, 6.45) is 35.1. The minimum Gasteiger partial charge on any atom is -0.458 e. The van der Waals surface area contributed by atoms with E-state index >= 15 is 0 Å². The molecular formula is C66H86O4. The molecule has 0 heterocycles. The molecule has 0 amide bonds. The summed E-state index contributed by atoms with van der Waals surface area (Å²) in [7, 11) is 0. The largest absolute Gasteiger partial charge is 0.458 e. The van der Waals surface area contributed by atoms with Crippen LogP contribution < -0.4 is 0 Å². The fourth-order valence-corrected chi connectivity index (χ4v) is 11.5. The smallest absolute Gasteiger partial charge is 0.338 e. The molecule has 0 spiro atoms. The van der Waals surface area contributed by atoms with Crippen molar-refractivity contribution in [3.63, 3.8) is 0 Å². The van der Waals surface area contributed by atoms with Crippen LogP contribution in [-0.4, -0.2) is 18.5 Å². The van der Waals surface area contributed by atoms with Gasteiger partial charge in [-0.15, -0.1) is 0 Å². The number of esters is 2. The molecule has 0 aromatic heterocycles. The van der Waals surface area contributed by atoms with Gasteiger partial charge in [0.25, 0.3) is 0 Å². The lowest BCUT2D eigenvalue weighted by Crippen LogP contribution is -2.19. The summed E-state index contributed by atoms with van der Waals surface area (Å²) >= 11 is 0. The van der Waals surface area contributed by atoms with Crippen LogP contribution in [0.3, 0.4) is 0 Å². The SMILES string of the molecule is CCCCCCCCCCC1CCC(c2ccc(-c3ccc(C(=O)OCC(OC(=O)c4ccc(-c5ccc(C6CCC(CCCCCCCCCC)CC6)cc5)cc4)c4ccccc4)cc3)cc2)CC1. The van der Waals surface area contributed by atoms with Crippen molar-refractivity contribution in [2.75, 3.05) is 6.61 Å². The number of benzene rings is 5. The molecule has 2 fully saturated rings. The summed E-state index contributed by atoms with van der Waals surface area (Å²) in [6, 6.07) is 42.9. The second-order valence-corrected chi connectivity index (χ2v) is 21.3. The fourth-order valence-electron chi connectivity index (χ4n) is 11.5. The van der Waals surface area contributed by atoms with Gasteiger partial charge in [-0.3, -0.25) is 0 Å². The summed E-state index contributed by atoms with van der Waals surface area (Å²) in [5.41, 5.74) is 8.98. The van der Waals surface area contributed by atoms with Crippen LogP contribution in [0.2, 0.25) is 0 Å². The molecule has 1 unspecified atom stereocenters. The maximum Gasteiger partial charge on any atom is 0.338 e. The van der Waals surface area contributed by atoms with Gasteiger partial charge < -0.3 is 9.47 Å². The van der Waals surface area contributed by atoms with Crippen molar-refractivity contribution in [1.82, 2.24) is 0 Å². The molecule has 374 valence electrons. The quantitative estimate of drug-likeness (QED) is 0.0370. The third-order valence-corrected chi connectivity index (χ3v) is 16.1. The number of hydrogen-bond donors (Lipinski definition) is 0. The average Bonchev–Trinajstić information content (AvgIpc) is 3.42. The highest BCUT2D eigenvalue weighted by Crippen LogP contribution is 2.40. The molecule has 4 nitrogen and oxygen atoms in total. The van der Waals surface area contributed by atoms with Crippen LogP contribution in [0, 0.1) is 11.8 Å². The second kappa shape index (κ2) is 29.4. The van der Waals surface area contributed by atoms with E-state index in [2.05, 4.69) is 62.4 Å². The van der Waals surface area contributed by atoms with Crippen molar-refractivity contribution in [1.29, 1.82) is 0 Å². The molecule has 7 rings (SSSR count). The summed E-state index contributed by atoms with van der Waals surface area (Å²) in [6.45, 7) is 4.49. The van der Waals surface area contributed by atoms with E-state index in [9.17, 15) is 9.59 Å². The Hall–Kier alpha value is -4.96. The van der Waals surface area contributed by atoms with Crippen LogP contribution in [0.1, 0.15) is 236 Å². The summed E-state index contributed by atoms with van der Waals surface area (Å²) in [4.78, 5) is 27.0. The molecule has 2 aliphatic rings. The van der Waals surface area contributed by atoms with E-state index in [4.69, 9.17) is 9.47 Å². The molecule has 5 aromatic rings. The van der Waals surface area contributed by atoms with Crippen molar-refractivity contribution >= 4 is 11.9 Å². The molecule has 0 saturated heterocycles. The van der Waals surface area contributed by atoms with Crippen LogP contribution in [0.5, 0.6) is 0 Å². The standard InChI is InChI=1S/C66H86O4/c1-3-5-7-9-11-13-15-18-22-51-26-30-53(31-27-51)55-34-38-57(39-35-55)59-42-46-62(47-43-59)65(67)69-50-64(61-24-20-17-21-25-61)70-66(68)63-48-44-60(45-49-63)58-40-36-56(37-41-58)54-32-28-52(29-33-54)23-19-16-14-12-10-8-6-4-2/h17,20-21,24-25,34-49,51-54,64H,3-16,18-19,22-23,26-33,50H2,1-2H3. The Morgan fingerprint density at radius 2 is 0.771 bits per heavy atom. The van der Waals surface area contributed by atoms with Crippen LogP contribution in [0.15, 0.2) is 127 Å². The monoisotopic (exact) mass is 943 g/mol. The van der Waals surface area contributed by atoms with E-state index in [1.54, 1.807) is 0 Å². The lowest BCUT2D eigenvalue weighted by molar-refractivity contribution is -0.00133. The van der Waals surface area contributed by atoms with Crippen molar-refractivity contribution in [3.05, 3.63) is 155 Å². The van der Waals surface area contributed by atoms with Crippen molar-refractivity contribution in [2.45, 2.75) is 199 Å². The van der Waals surface area contributed by atoms with Gasteiger partial charge in [-0.1, -0.05) is 233 Å². The minimum atomic E-state index is -0.757. The first kappa shape index (κ1) is 52.9. The number of rotatable bonds is 28. The Kier molecular flexibility index (Phi) is 22.2. The van der Waals surface area contributed by atoms with Gasteiger partial charge in [0.15, 0.2) is 6.10 Å². The Balaban J connectivity index is 0.836. The van der Waals surface area contributed by atoms with Gasteiger partial charge in [-0.2, -0.15) is 0 Å². The first-order valence-corrected chi connectivity index (χ1v) is 28.3. The third kappa shape index (κ3) is 16.8. The molecule has 2 saturated carbocycles. The molecule has 0 N–H and O–H groups in total. The molecular weight excluding hydrogens is 857 g/mol. The number of ether oxygens (including phenoxy) is 2. The van der Waals surface area contributed by atoms with Gasteiger partial charge in [0.05, 0.1) is 11.1 Å². The normalized spacial score (nSPS) is 18.5.